The zero-order valence-corrected chi connectivity index (χ0v) is 13.9. The van der Waals surface area contributed by atoms with E-state index in [2.05, 4.69) is 10.3 Å². The number of carbonyl (C=O) groups excluding carboxylic acids is 1. The van der Waals surface area contributed by atoms with Gasteiger partial charge in [-0.05, 0) is 30.3 Å². The number of aromatic nitrogens is 2. The lowest BCUT2D eigenvalue weighted by atomic mass is 10.0. The molecule has 3 rings (SSSR count). The number of carbonyl (C=O) groups is 1. The van der Waals surface area contributed by atoms with Crippen LogP contribution in [0, 0.1) is 5.82 Å². The van der Waals surface area contributed by atoms with E-state index in [9.17, 15) is 9.18 Å². The summed E-state index contributed by atoms with van der Waals surface area (Å²) in [5.74, 6) is 0.489. The molecule has 1 N–H and O–H groups in total. The van der Waals surface area contributed by atoms with Gasteiger partial charge >= 0.3 is 0 Å². The number of hydrogen-bond donors (Lipinski definition) is 1. The summed E-state index contributed by atoms with van der Waals surface area (Å²) in [7, 11) is 3.36. The third kappa shape index (κ3) is 3.52. The van der Waals surface area contributed by atoms with Gasteiger partial charge in [-0.25, -0.2) is 9.37 Å². The molecule has 0 radical (unpaired) electrons. The predicted octanol–water partition coefficient (Wildman–Crippen LogP) is 3.09. The van der Waals surface area contributed by atoms with Crippen LogP contribution in [0.5, 0.6) is 5.75 Å². The largest absolute Gasteiger partial charge is 0.497 e. The molecule has 0 aliphatic rings. The highest BCUT2D eigenvalue weighted by molar-refractivity contribution is 5.94. The van der Waals surface area contributed by atoms with Crippen LogP contribution in [0.3, 0.4) is 0 Å². The average molecular weight is 339 g/mol. The maximum atomic E-state index is 14.3. The van der Waals surface area contributed by atoms with Gasteiger partial charge in [0.15, 0.2) is 0 Å². The number of hydrogen-bond acceptors (Lipinski definition) is 3. The zero-order valence-electron chi connectivity index (χ0n) is 13.9. The summed E-state index contributed by atoms with van der Waals surface area (Å²) in [4.78, 5) is 16.9. The van der Waals surface area contributed by atoms with Crippen molar-refractivity contribution in [3.8, 4) is 5.75 Å². The highest BCUT2D eigenvalue weighted by atomic mass is 19.1. The Labute approximate surface area is 145 Å². The van der Waals surface area contributed by atoms with Gasteiger partial charge in [0, 0.05) is 30.6 Å². The van der Waals surface area contributed by atoms with Crippen molar-refractivity contribution in [2.45, 2.75) is 6.04 Å². The lowest BCUT2D eigenvalue weighted by molar-refractivity contribution is 0.0940. The Morgan fingerprint density at radius 2 is 1.92 bits per heavy atom. The Balaban J connectivity index is 1.94. The van der Waals surface area contributed by atoms with Crippen molar-refractivity contribution < 1.29 is 13.9 Å². The number of aryl methyl sites for hydroxylation is 1. The highest BCUT2D eigenvalue weighted by Gasteiger charge is 2.24. The first kappa shape index (κ1) is 16.7. The summed E-state index contributed by atoms with van der Waals surface area (Å²) in [5, 5.41) is 2.87. The number of imidazole rings is 1. The molecule has 1 atom stereocenters. The minimum atomic E-state index is -0.698. The minimum absolute atomic E-state index is 0.320. The Kier molecular flexibility index (Phi) is 4.79. The van der Waals surface area contributed by atoms with E-state index in [0.717, 1.165) is 0 Å². The van der Waals surface area contributed by atoms with Gasteiger partial charge in [-0.15, -0.1) is 0 Å². The number of methoxy groups -OCH3 is 1. The van der Waals surface area contributed by atoms with Gasteiger partial charge in [0.05, 0.1) is 7.11 Å². The maximum Gasteiger partial charge on any atom is 0.252 e. The van der Waals surface area contributed by atoms with Crippen LogP contribution in [0.25, 0.3) is 0 Å². The second-order valence-electron chi connectivity index (χ2n) is 5.55. The number of nitrogens with zero attached hydrogens (tertiary/aromatic N) is 2. The standard InChI is InChI=1S/C19H18FN3O2/c1-23-12-11-21-18(23)17(15-5-3-4-6-16(15)20)22-19(24)13-7-9-14(25-2)10-8-13/h3-12,17H,1-2H3,(H,22,24). The van der Waals surface area contributed by atoms with E-state index in [1.54, 1.807) is 73.6 Å². The van der Waals surface area contributed by atoms with Crippen molar-refractivity contribution >= 4 is 5.91 Å². The zero-order chi connectivity index (χ0) is 17.8. The Morgan fingerprint density at radius 1 is 1.20 bits per heavy atom. The van der Waals surface area contributed by atoms with Crippen molar-refractivity contribution in [2.24, 2.45) is 7.05 Å². The fourth-order valence-electron chi connectivity index (χ4n) is 2.60. The predicted molar refractivity (Wildman–Crippen MR) is 91.9 cm³/mol. The number of amides is 1. The summed E-state index contributed by atoms with van der Waals surface area (Å²) >= 11 is 0. The molecule has 2 aromatic carbocycles. The molecule has 1 amide bonds. The molecule has 0 spiro atoms. The summed E-state index contributed by atoms with van der Waals surface area (Å²) < 4.78 is 21.2. The van der Waals surface area contributed by atoms with Crippen LogP contribution >= 0.6 is 0 Å². The van der Waals surface area contributed by atoms with E-state index in [0.29, 0.717) is 22.7 Å². The minimum Gasteiger partial charge on any atom is -0.497 e. The second-order valence-corrected chi connectivity index (χ2v) is 5.55. The van der Waals surface area contributed by atoms with Gasteiger partial charge in [-0.2, -0.15) is 0 Å². The van der Waals surface area contributed by atoms with Gasteiger partial charge < -0.3 is 14.6 Å². The van der Waals surface area contributed by atoms with Crippen molar-refractivity contribution in [3.05, 3.63) is 83.7 Å². The van der Waals surface area contributed by atoms with Gasteiger partial charge in [0.1, 0.15) is 23.4 Å². The normalized spacial score (nSPS) is 11.8. The first-order valence-corrected chi connectivity index (χ1v) is 7.76. The molecular weight excluding hydrogens is 321 g/mol. The monoisotopic (exact) mass is 339 g/mol. The quantitative estimate of drug-likeness (QED) is 0.777. The van der Waals surface area contributed by atoms with Crippen LogP contribution in [0.1, 0.15) is 27.8 Å². The van der Waals surface area contributed by atoms with Crippen molar-refractivity contribution in [2.75, 3.05) is 7.11 Å². The van der Waals surface area contributed by atoms with E-state index in [4.69, 9.17) is 4.74 Å². The van der Waals surface area contributed by atoms with Crippen molar-refractivity contribution in [1.29, 1.82) is 0 Å². The molecule has 0 fully saturated rings. The third-order valence-electron chi connectivity index (χ3n) is 3.96. The van der Waals surface area contributed by atoms with Crippen LogP contribution < -0.4 is 10.1 Å². The highest BCUT2D eigenvalue weighted by Crippen LogP contribution is 2.24. The maximum absolute atomic E-state index is 14.3. The van der Waals surface area contributed by atoms with E-state index < -0.39 is 11.9 Å². The molecule has 6 heteroatoms. The molecule has 0 aliphatic heterocycles. The molecule has 1 unspecified atom stereocenters. The SMILES string of the molecule is COc1ccc(C(=O)NC(c2ccccc2F)c2nccn2C)cc1. The fourth-order valence-corrected chi connectivity index (χ4v) is 2.60. The molecule has 128 valence electrons. The first-order valence-electron chi connectivity index (χ1n) is 7.76. The molecule has 0 aliphatic carbocycles. The lowest BCUT2D eigenvalue weighted by Gasteiger charge is -2.20. The van der Waals surface area contributed by atoms with E-state index in [-0.39, 0.29) is 5.91 Å². The average Bonchev–Trinajstić information content (AvgIpc) is 3.06. The van der Waals surface area contributed by atoms with Crippen LogP contribution in [-0.4, -0.2) is 22.6 Å². The summed E-state index contributed by atoms with van der Waals surface area (Å²) in [6.07, 6.45) is 3.37. The molecule has 0 bridgehead atoms. The topological polar surface area (TPSA) is 56.1 Å². The fraction of sp³-hybridized carbons (Fsp3) is 0.158. The van der Waals surface area contributed by atoms with Crippen molar-refractivity contribution in [1.82, 2.24) is 14.9 Å². The third-order valence-corrected chi connectivity index (χ3v) is 3.96. The van der Waals surface area contributed by atoms with Crippen molar-refractivity contribution in [3.63, 3.8) is 0 Å². The van der Waals surface area contributed by atoms with Crippen LogP contribution in [0.15, 0.2) is 60.9 Å². The molecule has 0 saturated heterocycles. The van der Waals surface area contributed by atoms with E-state index in [1.807, 2.05) is 0 Å². The smallest absolute Gasteiger partial charge is 0.252 e. The van der Waals surface area contributed by atoms with Crippen LogP contribution in [-0.2, 0) is 7.05 Å². The summed E-state index contributed by atoms with van der Waals surface area (Å²) in [5.41, 5.74) is 0.815. The number of rotatable bonds is 5. The lowest BCUT2D eigenvalue weighted by Crippen LogP contribution is -2.31. The number of halogens is 1. The first-order chi connectivity index (χ1) is 12.1. The Bertz CT molecular complexity index is 874. The van der Waals surface area contributed by atoms with Gasteiger partial charge in [-0.3, -0.25) is 4.79 Å². The summed E-state index contributed by atoms with van der Waals surface area (Å²) in [6, 6.07) is 12.4. The number of ether oxygens (including phenoxy) is 1. The molecule has 5 nitrogen and oxygen atoms in total. The number of benzene rings is 2. The molecule has 1 heterocycles. The molecule has 0 saturated carbocycles. The van der Waals surface area contributed by atoms with Crippen LogP contribution in [0.4, 0.5) is 4.39 Å². The molecule has 3 aromatic rings. The van der Waals surface area contributed by atoms with Gasteiger partial charge in [-0.1, -0.05) is 18.2 Å². The second kappa shape index (κ2) is 7.17. The van der Waals surface area contributed by atoms with Crippen LogP contribution in [0.2, 0.25) is 0 Å². The Hall–Kier alpha value is -3.15. The van der Waals surface area contributed by atoms with E-state index in [1.165, 1.54) is 6.07 Å². The number of nitrogens with one attached hydrogen (secondary N) is 1. The molecular formula is C19H18FN3O2. The Morgan fingerprint density at radius 3 is 2.52 bits per heavy atom. The van der Waals surface area contributed by atoms with Gasteiger partial charge in [0.2, 0.25) is 0 Å². The molecule has 25 heavy (non-hydrogen) atoms. The van der Waals surface area contributed by atoms with E-state index >= 15 is 0 Å². The molecule has 1 aromatic heterocycles. The summed E-state index contributed by atoms with van der Waals surface area (Å²) in [6.45, 7) is 0. The van der Waals surface area contributed by atoms with Gasteiger partial charge in [0.25, 0.3) is 5.91 Å².